The lowest BCUT2D eigenvalue weighted by atomic mass is 9.90. The summed E-state index contributed by atoms with van der Waals surface area (Å²) in [6, 6.07) is 14.0. The zero-order chi connectivity index (χ0) is 21.6. The van der Waals surface area contributed by atoms with E-state index >= 15 is 0 Å². The highest BCUT2D eigenvalue weighted by Gasteiger charge is 2.38. The van der Waals surface area contributed by atoms with Crippen LogP contribution in [0.4, 0.5) is 0 Å². The maximum absolute atomic E-state index is 13.1. The lowest BCUT2D eigenvalue weighted by Crippen LogP contribution is -2.55. The van der Waals surface area contributed by atoms with Gasteiger partial charge in [-0.05, 0) is 54.7 Å². The number of benzene rings is 2. The van der Waals surface area contributed by atoms with Gasteiger partial charge in [-0.1, -0.05) is 24.3 Å². The molecule has 0 radical (unpaired) electrons. The van der Waals surface area contributed by atoms with Crippen molar-refractivity contribution in [1.29, 1.82) is 0 Å². The minimum absolute atomic E-state index is 0.0470. The van der Waals surface area contributed by atoms with E-state index in [0.717, 1.165) is 24.8 Å². The third-order valence-corrected chi connectivity index (χ3v) is 8.46. The van der Waals surface area contributed by atoms with Crippen LogP contribution < -0.4 is 0 Å². The number of hydrogen-bond acceptors (Lipinski definition) is 4. The number of sulfonamides is 1. The van der Waals surface area contributed by atoms with Gasteiger partial charge in [0.2, 0.25) is 15.9 Å². The number of rotatable bonds is 3. The summed E-state index contributed by atoms with van der Waals surface area (Å²) in [6.07, 6.45) is 2.58. The molecule has 1 atom stereocenters. The first-order valence-electron chi connectivity index (χ1n) is 10.7. The second-order valence-electron chi connectivity index (χ2n) is 8.37. The molecule has 0 aromatic heterocycles. The summed E-state index contributed by atoms with van der Waals surface area (Å²) >= 11 is 0. The third kappa shape index (κ3) is 3.53. The number of carbonyl (C=O) groups is 2. The van der Waals surface area contributed by atoms with Gasteiger partial charge in [-0.15, -0.1) is 0 Å². The molecular formula is C23H25N3O4S. The predicted octanol–water partition coefficient (Wildman–Crippen LogP) is 2.05. The maximum Gasteiger partial charge on any atom is 0.254 e. The highest BCUT2D eigenvalue weighted by atomic mass is 32.2. The lowest BCUT2D eigenvalue weighted by molar-refractivity contribution is -0.139. The van der Waals surface area contributed by atoms with Crippen molar-refractivity contribution >= 4 is 21.8 Å². The molecule has 3 aliphatic rings. The number of piperazine rings is 1. The van der Waals surface area contributed by atoms with Crippen LogP contribution >= 0.6 is 0 Å². The van der Waals surface area contributed by atoms with E-state index in [1.165, 1.54) is 22.0 Å². The van der Waals surface area contributed by atoms with E-state index in [4.69, 9.17) is 0 Å². The average Bonchev–Trinajstić information content (AvgIpc) is 3.34. The molecule has 31 heavy (non-hydrogen) atoms. The molecule has 162 valence electrons. The molecular weight excluding hydrogens is 414 g/mol. The first kappa shape index (κ1) is 20.2. The van der Waals surface area contributed by atoms with Gasteiger partial charge in [-0.25, -0.2) is 8.42 Å². The van der Waals surface area contributed by atoms with E-state index in [2.05, 4.69) is 6.07 Å². The molecule has 0 saturated carbocycles. The number of fused-ring (bicyclic) bond motifs is 3. The minimum Gasteiger partial charge on any atom is -0.332 e. The Hall–Kier alpha value is -2.71. The predicted molar refractivity (Wildman–Crippen MR) is 115 cm³/mol. The van der Waals surface area contributed by atoms with Crippen molar-refractivity contribution in [3.8, 4) is 0 Å². The Morgan fingerprint density at radius 2 is 1.65 bits per heavy atom. The average molecular weight is 440 g/mol. The van der Waals surface area contributed by atoms with Gasteiger partial charge in [0.25, 0.3) is 5.91 Å². The number of nitrogens with zero attached hydrogens (tertiary/aromatic N) is 3. The molecule has 0 spiro atoms. The van der Waals surface area contributed by atoms with Crippen molar-refractivity contribution in [3.63, 3.8) is 0 Å². The number of hydrogen-bond donors (Lipinski definition) is 0. The van der Waals surface area contributed by atoms with Crippen molar-refractivity contribution in [1.82, 2.24) is 14.1 Å². The molecule has 0 N–H and O–H groups in total. The zero-order valence-electron chi connectivity index (χ0n) is 17.2. The van der Waals surface area contributed by atoms with Crippen LogP contribution in [0.3, 0.4) is 0 Å². The highest BCUT2D eigenvalue weighted by Crippen LogP contribution is 2.33. The quantitative estimate of drug-likeness (QED) is 0.733. The summed E-state index contributed by atoms with van der Waals surface area (Å²) in [5.41, 5.74) is 2.72. The smallest absolute Gasteiger partial charge is 0.254 e. The van der Waals surface area contributed by atoms with Crippen molar-refractivity contribution in [2.24, 2.45) is 0 Å². The second kappa shape index (κ2) is 7.76. The van der Waals surface area contributed by atoms with Gasteiger partial charge < -0.3 is 9.80 Å². The first-order valence-corrected chi connectivity index (χ1v) is 12.2. The van der Waals surface area contributed by atoms with Crippen molar-refractivity contribution in [2.45, 2.75) is 30.2 Å². The van der Waals surface area contributed by atoms with E-state index in [1.54, 1.807) is 17.0 Å². The van der Waals surface area contributed by atoms with E-state index in [1.807, 2.05) is 23.1 Å². The largest absolute Gasteiger partial charge is 0.332 e. The summed E-state index contributed by atoms with van der Waals surface area (Å²) < 4.78 is 26.9. The maximum atomic E-state index is 13.1. The fourth-order valence-corrected chi connectivity index (χ4v) is 6.38. The minimum atomic E-state index is -3.52. The van der Waals surface area contributed by atoms with Gasteiger partial charge in [0.15, 0.2) is 0 Å². The Morgan fingerprint density at radius 1 is 0.935 bits per heavy atom. The zero-order valence-corrected chi connectivity index (χ0v) is 18.1. The van der Waals surface area contributed by atoms with Gasteiger partial charge in [0.05, 0.1) is 10.9 Å². The van der Waals surface area contributed by atoms with E-state index < -0.39 is 10.0 Å². The Morgan fingerprint density at radius 3 is 2.39 bits per heavy atom. The molecule has 8 heteroatoms. The molecule has 2 fully saturated rings. The van der Waals surface area contributed by atoms with E-state index in [-0.39, 0.29) is 29.3 Å². The second-order valence-corrected chi connectivity index (χ2v) is 10.3. The number of amides is 2. The van der Waals surface area contributed by atoms with Crippen LogP contribution in [0.1, 0.15) is 40.4 Å². The van der Waals surface area contributed by atoms with Crippen LogP contribution in [0.25, 0.3) is 0 Å². The topological polar surface area (TPSA) is 78.0 Å². The summed E-state index contributed by atoms with van der Waals surface area (Å²) in [6.45, 7) is 2.24. The Kier molecular flexibility index (Phi) is 5.06. The van der Waals surface area contributed by atoms with Crippen molar-refractivity contribution < 1.29 is 18.0 Å². The van der Waals surface area contributed by atoms with Crippen LogP contribution in [0.2, 0.25) is 0 Å². The molecule has 0 bridgehead atoms. The lowest BCUT2D eigenvalue weighted by Gasteiger charge is -2.44. The molecule has 2 aromatic carbocycles. The van der Waals surface area contributed by atoms with Crippen LogP contribution in [0.5, 0.6) is 0 Å². The Balaban J connectivity index is 1.36. The van der Waals surface area contributed by atoms with Gasteiger partial charge in [-0.3, -0.25) is 9.59 Å². The van der Waals surface area contributed by atoms with Gasteiger partial charge >= 0.3 is 0 Å². The molecule has 3 aliphatic heterocycles. The van der Waals surface area contributed by atoms with Crippen molar-refractivity contribution in [3.05, 3.63) is 65.2 Å². The normalized spacial score (nSPS) is 21.7. The standard InChI is InChI=1S/C23H25N3O4S/c27-22-16-24(15-21-20-6-2-1-5-17(20)11-14-26(21)22)23(28)18-7-9-19(10-8-18)31(29,30)25-12-3-4-13-25/h1-2,5-10,21H,3-4,11-16H2/t21-/m1/s1. The monoisotopic (exact) mass is 439 g/mol. The molecule has 0 unspecified atom stereocenters. The summed E-state index contributed by atoms with van der Waals surface area (Å²) in [5.74, 6) is -0.298. The molecule has 0 aliphatic carbocycles. The molecule has 7 nitrogen and oxygen atoms in total. The van der Waals surface area contributed by atoms with Gasteiger partial charge in [0.1, 0.15) is 6.54 Å². The molecule has 5 rings (SSSR count). The summed E-state index contributed by atoms with van der Waals surface area (Å²) in [7, 11) is -3.52. The third-order valence-electron chi connectivity index (χ3n) is 6.54. The van der Waals surface area contributed by atoms with Crippen LogP contribution in [-0.2, 0) is 21.2 Å². The van der Waals surface area contributed by atoms with Crippen LogP contribution in [0.15, 0.2) is 53.4 Å². The first-order chi connectivity index (χ1) is 14.9. The fraction of sp³-hybridized carbons (Fsp3) is 0.391. The molecule has 2 amide bonds. The van der Waals surface area contributed by atoms with Gasteiger partial charge in [0, 0.05) is 31.7 Å². The Labute approximate surface area is 182 Å². The van der Waals surface area contributed by atoms with Gasteiger partial charge in [-0.2, -0.15) is 4.31 Å². The highest BCUT2D eigenvalue weighted by molar-refractivity contribution is 7.89. The fourth-order valence-electron chi connectivity index (χ4n) is 4.86. The van der Waals surface area contributed by atoms with Crippen LogP contribution in [-0.4, -0.2) is 67.1 Å². The van der Waals surface area contributed by atoms with Crippen molar-refractivity contribution in [2.75, 3.05) is 32.7 Å². The van der Waals surface area contributed by atoms with E-state index in [9.17, 15) is 18.0 Å². The van der Waals surface area contributed by atoms with E-state index in [0.29, 0.717) is 31.7 Å². The molecule has 2 saturated heterocycles. The SMILES string of the molecule is O=C(c1ccc(S(=O)(=O)N2CCCC2)cc1)N1CC(=O)N2CCc3ccccc3[C@H]2C1. The summed E-state index contributed by atoms with van der Waals surface area (Å²) in [4.78, 5) is 29.6. The van der Waals surface area contributed by atoms with Crippen LogP contribution in [0, 0.1) is 0 Å². The number of carbonyl (C=O) groups excluding carboxylic acids is 2. The Bertz CT molecular complexity index is 1120. The summed E-state index contributed by atoms with van der Waals surface area (Å²) in [5, 5.41) is 0. The molecule has 2 aromatic rings. The molecule has 3 heterocycles.